The molecule has 1 aliphatic carbocycles. The van der Waals surface area contributed by atoms with Crippen LogP contribution >= 0.6 is 0 Å². The average molecular weight is 396 g/mol. The number of hydrogen-bond donors (Lipinski definition) is 1. The highest BCUT2D eigenvalue weighted by Gasteiger charge is 2.28. The fraction of sp³-hybridized carbons (Fsp3) is 0.583. The number of aromatic nitrogens is 1. The summed E-state index contributed by atoms with van der Waals surface area (Å²) in [7, 11) is 1.98. The number of carbonyl (C=O) groups excluding carboxylic acids is 1. The van der Waals surface area contributed by atoms with Gasteiger partial charge in [-0.05, 0) is 43.4 Å². The normalized spacial score (nSPS) is 18.9. The molecule has 1 aromatic heterocycles. The summed E-state index contributed by atoms with van der Waals surface area (Å²) < 4.78 is 0. The van der Waals surface area contributed by atoms with Crippen LogP contribution in [0.15, 0.2) is 30.3 Å². The molecule has 0 atom stereocenters. The first-order valence-corrected chi connectivity index (χ1v) is 11.2. The number of amides is 1. The standard InChI is InChI=1S/C24H33N3O2/c1-26(15-12-18-6-3-2-4-7-18)24(29)20-13-16-27(17-14-20)22-11-10-19-8-5-9-21(28)23(19)25-22/h5,8-11,18,20,28H,2-4,6-7,12-17H2,1H3. The molecule has 0 unspecified atom stereocenters. The second kappa shape index (κ2) is 9.02. The van der Waals surface area contributed by atoms with E-state index in [9.17, 15) is 9.90 Å². The summed E-state index contributed by atoms with van der Waals surface area (Å²) >= 11 is 0. The summed E-state index contributed by atoms with van der Waals surface area (Å²) in [6.07, 6.45) is 9.69. The van der Waals surface area contributed by atoms with Crippen molar-refractivity contribution in [3.05, 3.63) is 30.3 Å². The highest BCUT2D eigenvalue weighted by atomic mass is 16.3. The lowest BCUT2D eigenvalue weighted by Crippen LogP contribution is -2.42. The van der Waals surface area contributed by atoms with Gasteiger partial charge in [0.2, 0.25) is 5.91 Å². The summed E-state index contributed by atoms with van der Waals surface area (Å²) in [5, 5.41) is 11.0. The lowest BCUT2D eigenvalue weighted by molar-refractivity contribution is -0.135. The number of carbonyl (C=O) groups is 1. The second-order valence-electron chi connectivity index (χ2n) is 8.83. The first kappa shape index (κ1) is 20.0. The summed E-state index contributed by atoms with van der Waals surface area (Å²) in [4.78, 5) is 21.8. The Morgan fingerprint density at radius 2 is 1.86 bits per heavy atom. The molecule has 1 saturated carbocycles. The van der Waals surface area contributed by atoms with E-state index in [0.29, 0.717) is 11.4 Å². The number of anilines is 1. The number of rotatable bonds is 5. The van der Waals surface area contributed by atoms with Gasteiger partial charge in [0.1, 0.15) is 17.1 Å². The van der Waals surface area contributed by atoms with Gasteiger partial charge in [-0.15, -0.1) is 0 Å². The molecule has 1 aromatic carbocycles. The van der Waals surface area contributed by atoms with E-state index in [4.69, 9.17) is 0 Å². The number of piperidine rings is 1. The highest BCUT2D eigenvalue weighted by Crippen LogP contribution is 2.29. The Labute approximate surface area is 173 Å². The Hall–Kier alpha value is -2.30. The minimum absolute atomic E-state index is 0.122. The monoisotopic (exact) mass is 395 g/mol. The molecule has 1 saturated heterocycles. The number of aromatic hydroxyl groups is 1. The molecule has 1 aliphatic heterocycles. The maximum absolute atomic E-state index is 12.9. The molecular formula is C24H33N3O2. The maximum Gasteiger partial charge on any atom is 0.225 e. The predicted octanol–water partition coefficient (Wildman–Crippen LogP) is 4.59. The molecule has 4 rings (SSSR count). The smallest absolute Gasteiger partial charge is 0.225 e. The highest BCUT2D eigenvalue weighted by molar-refractivity contribution is 5.85. The van der Waals surface area contributed by atoms with Crippen molar-refractivity contribution in [2.45, 2.75) is 51.4 Å². The van der Waals surface area contributed by atoms with Crippen LogP contribution in [-0.4, -0.2) is 47.6 Å². The number of phenolic OH excluding ortho intramolecular Hbond substituents is 1. The van der Waals surface area contributed by atoms with E-state index in [2.05, 4.69) is 9.88 Å². The van der Waals surface area contributed by atoms with Crippen LogP contribution in [0.4, 0.5) is 5.82 Å². The Morgan fingerprint density at radius 1 is 1.10 bits per heavy atom. The molecule has 1 amide bonds. The fourth-order valence-electron chi connectivity index (χ4n) is 4.93. The molecule has 2 heterocycles. The first-order valence-electron chi connectivity index (χ1n) is 11.2. The van der Waals surface area contributed by atoms with Gasteiger partial charge < -0.3 is 14.9 Å². The van der Waals surface area contributed by atoms with Crippen LogP contribution < -0.4 is 4.90 Å². The van der Waals surface area contributed by atoms with Crippen LogP contribution in [0, 0.1) is 11.8 Å². The molecule has 0 bridgehead atoms. The van der Waals surface area contributed by atoms with Crippen LogP contribution in [0.2, 0.25) is 0 Å². The molecule has 0 spiro atoms. The summed E-state index contributed by atoms with van der Waals surface area (Å²) in [5.74, 6) is 2.35. The molecular weight excluding hydrogens is 362 g/mol. The van der Waals surface area contributed by atoms with Gasteiger partial charge >= 0.3 is 0 Å². The zero-order valence-corrected chi connectivity index (χ0v) is 17.5. The SMILES string of the molecule is CN(CCC1CCCCC1)C(=O)C1CCN(c2ccc3cccc(O)c3n2)CC1. The van der Waals surface area contributed by atoms with Crippen LogP contribution in [0.25, 0.3) is 10.9 Å². The molecule has 1 N–H and O–H groups in total. The quantitative estimate of drug-likeness (QED) is 0.805. The van der Waals surface area contributed by atoms with E-state index >= 15 is 0 Å². The van der Waals surface area contributed by atoms with Crippen molar-refractivity contribution in [1.29, 1.82) is 0 Å². The summed E-state index contributed by atoms with van der Waals surface area (Å²) in [5.41, 5.74) is 0.644. The number of hydrogen-bond acceptors (Lipinski definition) is 4. The number of benzene rings is 1. The van der Waals surface area contributed by atoms with Gasteiger partial charge in [-0.25, -0.2) is 4.98 Å². The van der Waals surface area contributed by atoms with Crippen molar-refractivity contribution < 1.29 is 9.90 Å². The molecule has 2 aliphatic rings. The molecule has 5 nitrogen and oxygen atoms in total. The van der Waals surface area contributed by atoms with E-state index in [1.54, 1.807) is 6.07 Å². The Morgan fingerprint density at radius 3 is 2.62 bits per heavy atom. The largest absolute Gasteiger partial charge is 0.506 e. The van der Waals surface area contributed by atoms with E-state index in [0.717, 1.165) is 56.0 Å². The second-order valence-corrected chi connectivity index (χ2v) is 8.83. The lowest BCUT2D eigenvalue weighted by Gasteiger charge is -2.34. The minimum atomic E-state index is 0.122. The van der Waals surface area contributed by atoms with Crippen LogP contribution in [0.1, 0.15) is 51.4 Å². The third-order valence-corrected chi connectivity index (χ3v) is 6.83. The fourth-order valence-corrected chi connectivity index (χ4v) is 4.93. The number of fused-ring (bicyclic) bond motifs is 1. The van der Waals surface area contributed by atoms with Gasteiger partial charge in [0.25, 0.3) is 0 Å². The van der Waals surface area contributed by atoms with Gasteiger partial charge in [0.15, 0.2) is 0 Å². The van der Waals surface area contributed by atoms with Crippen molar-refractivity contribution in [2.24, 2.45) is 11.8 Å². The maximum atomic E-state index is 12.9. The van der Waals surface area contributed by atoms with Crippen LogP contribution in [0.5, 0.6) is 5.75 Å². The van der Waals surface area contributed by atoms with E-state index in [1.807, 2.05) is 36.2 Å². The van der Waals surface area contributed by atoms with Gasteiger partial charge in [-0.3, -0.25) is 4.79 Å². The van der Waals surface area contributed by atoms with Crippen molar-refractivity contribution >= 4 is 22.6 Å². The van der Waals surface area contributed by atoms with Crippen molar-refractivity contribution in [3.63, 3.8) is 0 Å². The molecule has 29 heavy (non-hydrogen) atoms. The van der Waals surface area contributed by atoms with E-state index < -0.39 is 0 Å². The third kappa shape index (κ3) is 4.65. The molecule has 156 valence electrons. The van der Waals surface area contributed by atoms with Gasteiger partial charge in [0, 0.05) is 38.0 Å². The summed E-state index contributed by atoms with van der Waals surface area (Å²) in [6.45, 7) is 2.56. The predicted molar refractivity (Wildman–Crippen MR) is 117 cm³/mol. The zero-order chi connectivity index (χ0) is 20.2. The topological polar surface area (TPSA) is 56.7 Å². The molecule has 2 aromatic rings. The van der Waals surface area contributed by atoms with Crippen LogP contribution in [-0.2, 0) is 4.79 Å². The van der Waals surface area contributed by atoms with Gasteiger partial charge in [0.05, 0.1) is 0 Å². The Balaban J connectivity index is 1.30. The number of para-hydroxylation sites is 1. The average Bonchev–Trinajstić information content (AvgIpc) is 2.78. The van der Waals surface area contributed by atoms with Crippen molar-refractivity contribution in [3.8, 4) is 5.75 Å². The Kier molecular flexibility index (Phi) is 6.22. The molecule has 2 fully saturated rings. The Bertz CT molecular complexity index is 839. The van der Waals surface area contributed by atoms with E-state index in [1.165, 1.54) is 32.1 Å². The number of nitrogens with zero attached hydrogens (tertiary/aromatic N) is 3. The van der Waals surface area contributed by atoms with Crippen molar-refractivity contribution in [1.82, 2.24) is 9.88 Å². The zero-order valence-electron chi connectivity index (χ0n) is 17.5. The number of phenols is 1. The third-order valence-electron chi connectivity index (χ3n) is 6.83. The van der Waals surface area contributed by atoms with E-state index in [-0.39, 0.29) is 11.7 Å². The number of pyridine rings is 1. The lowest BCUT2D eigenvalue weighted by atomic mass is 9.87. The minimum Gasteiger partial charge on any atom is -0.506 e. The summed E-state index contributed by atoms with van der Waals surface area (Å²) in [6, 6.07) is 9.49. The molecule has 0 radical (unpaired) electrons. The van der Waals surface area contributed by atoms with Crippen molar-refractivity contribution in [2.75, 3.05) is 31.6 Å². The molecule has 5 heteroatoms. The van der Waals surface area contributed by atoms with Crippen LogP contribution in [0.3, 0.4) is 0 Å². The van der Waals surface area contributed by atoms with Gasteiger partial charge in [-0.2, -0.15) is 0 Å². The first-order chi connectivity index (χ1) is 14.1. The van der Waals surface area contributed by atoms with Gasteiger partial charge in [-0.1, -0.05) is 44.2 Å².